The molecule has 0 aromatic carbocycles. The minimum Gasteiger partial charge on any atom is -0.381 e. The number of rotatable bonds is 6. The summed E-state index contributed by atoms with van der Waals surface area (Å²) >= 11 is 0. The molecular formula is C7H15NO3. The fraction of sp³-hybridized carbons (Fsp3) is 0.857. The Balaban J connectivity index is 3.09. The molecule has 0 aliphatic carbocycles. The monoisotopic (exact) mass is 161 g/mol. The van der Waals surface area contributed by atoms with E-state index < -0.39 is 0 Å². The van der Waals surface area contributed by atoms with Crippen LogP contribution in [0.15, 0.2) is 0 Å². The quantitative estimate of drug-likeness (QED) is 0.455. The van der Waals surface area contributed by atoms with Crippen molar-refractivity contribution in [3.8, 4) is 0 Å². The fourth-order valence-electron chi connectivity index (χ4n) is 0.513. The molecular weight excluding hydrogens is 146 g/mol. The normalized spacial score (nSPS) is 9.64. The van der Waals surface area contributed by atoms with Crippen molar-refractivity contribution < 1.29 is 14.4 Å². The van der Waals surface area contributed by atoms with E-state index in [-0.39, 0.29) is 5.91 Å². The summed E-state index contributed by atoms with van der Waals surface area (Å²) in [6.07, 6.45) is 0.355. The number of amides is 1. The van der Waals surface area contributed by atoms with E-state index >= 15 is 0 Å². The highest BCUT2D eigenvalue weighted by Crippen LogP contribution is 1.82. The molecule has 0 aliphatic heterocycles. The van der Waals surface area contributed by atoms with Gasteiger partial charge < -0.3 is 4.74 Å². The van der Waals surface area contributed by atoms with Crippen LogP contribution in [-0.2, 0) is 14.4 Å². The lowest BCUT2D eigenvalue weighted by atomic mass is 10.4. The van der Waals surface area contributed by atoms with Crippen molar-refractivity contribution in [1.29, 1.82) is 0 Å². The molecule has 0 aromatic rings. The zero-order valence-electron chi connectivity index (χ0n) is 7.05. The lowest BCUT2D eigenvalue weighted by Crippen LogP contribution is -2.24. The van der Waals surface area contributed by atoms with Crippen LogP contribution in [0.25, 0.3) is 0 Å². The standard InChI is InChI=1S/C7H15NO3/c1-3-10-6-5-7(9)8-11-4-2/h3-6H2,1-2H3,(H,8,9). The molecule has 0 heterocycles. The van der Waals surface area contributed by atoms with Gasteiger partial charge in [0.25, 0.3) is 0 Å². The SMILES string of the molecule is CCOCCC(=O)NOCC. The first-order valence-electron chi connectivity index (χ1n) is 3.79. The Kier molecular flexibility index (Phi) is 7.08. The molecule has 0 spiro atoms. The van der Waals surface area contributed by atoms with Gasteiger partial charge in [-0.1, -0.05) is 0 Å². The van der Waals surface area contributed by atoms with Crippen LogP contribution in [0.2, 0.25) is 0 Å². The van der Waals surface area contributed by atoms with Gasteiger partial charge in [0.1, 0.15) is 0 Å². The van der Waals surface area contributed by atoms with E-state index in [1.54, 1.807) is 0 Å². The smallest absolute Gasteiger partial charge is 0.245 e. The second kappa shape index (κ2) is 7.50. The highest BCUT2D eigenvalue weighted by atomic mass is 16.6. The summed E-state index contributed by atoms with van der Waals surface area (Å²) in [7, 11) is 0. The second-order valence-electron chi connectivity index (χ2n) is 1.91. The average molecular weight is 161 g/mol. The van der Waals surface area contributed by atoms with E-state index in [4.69, 9.17) is 4.74 Å². The van der Waals surface area contributed by atoms with Gasteiger partial charge in [-0.3, -0.25) is 9.63 Å². The van der Waals surface area contributed by atoms with Gasteiger partial charge in [0, 0.05) is 6.61 Å². The predicted molar refractivity (Wildman–Crippen MR) is 40.9 cm³/mol. The van der Waals surface area contributed by atoms with Crippen molar-refractivity contribution in [2.45, 2.75) is 20.3 Å². The summed E-state index contributed by atoms with van der Waals surface area (Å²) in [5, 5.41) is 0. The van der Waals surface area contributed by atoms with E-state index in [1.807, 2.05) is 13.8 Å². The van der Waals surface area contributed by atoms with Gasteiger partial charge in [-0.15, -0.1) is 0 Å². The van der Waals surface area contributed by atoms with Crippen LogP contribution in [0.3, 0.4) is 0 Å². The molecule has 0 radical (unpaired) electrons. The van der Waals surface area contributed by atoms with E-state index in [0.717, 1.165) is 0 Å². The Morgan fingerprint density at radius 2 is 2.09 bits per heavy atom. The maximum atomic E-state index is 10.8. The third kappa shape index (κ3) is 7.29. The summed E-state index contributed by atoms with van der Waals surface area (Å²) in [6, 6.07) is 0. The summed E-state index contributed by atoms with van der Waals surface area (Å²) in [5.41, 5.74) is 2.27. The molecule has 0 unspecified atom stereocenters. The van der Waals surface area contributed by atoms with Crippen LogP contribution < -0.4 is 5.48 Å². The zero-order valence-corrected chi connectivity index (χ0v) is 7.05. The van der Waals surface area contributed by atoms with Gasteiger partial charge in [-0.2, -0.15) is 0 Å². The second-order valence-corrected chi connectivity index (χ2v) is 1.91. The Morgan fingerprint density at radius 3 is 2.64 bits per heavy atom. The van der Waals surface area contributed by atoms with E-state index in [1.165, 1.54) is 0 Å². The van der Waals surface area contributed by atoms with Crippen molar-refractivity contribution in [3.63, 3.8) is 0 Å². The number of nitrogens with one attached hydrogen (secondary N) is 1. The molecule has 11 heavy (non-hydrogen) atoms. The van der Waals surface area contributed by atoms with Crippen LogP contribution >= 0.6 is 0 Å². The van der Waals surface area contributed by atoms with E-state index in [0.29, 0.717) is 26.2 Å². The molecule has 1 amide bonds. The van der Waals surface area contributed by atoms with Crippen LogP contribution in [0.5, 0.6) is 0 Å². The van der Waals surface area contributed by atoms with Crippen molar-refractivity contribution in [1.82, 2.24) is 5.48 Å². The minimum absolute atomic E-state index is 0.139. The lowest BCUT2D eigenvalue weighted by Gasteiger charge is -2.02. The predicted octanol–water partition coefficient (Wildman–Crippen LogP) is 0.481. The molecule has 4 heteroatoms. The molecule has 66 valence electrons. The molecule has 1 N–H and O–H groups in total. The topological polar surface area (TPSA) is 47.6 Å². The van der Waals surface area contributed by atoms with Crippen molar-refractivity contribution in [2.24, 2.45) is 0 Å². The highest BCUT2D eigenvalue weighted by molar-refractivity contribution is 5.74. The van der Waals surface area contributed by atoms with Crippen molar-refractivity contribution >= 4 is 5.91 Å². The highest BCUT2D eigenvalue weighted by Gasteiger charge is 1.98. The number of carbonyl (C=O) groups excluding carboxylic acids is 1. The lowest BCUT2D eigenvalue weighted by molar-refractivity contribution is -0.134. The van der Waals surface area contributed by atoms with Gasteiger partial charge in [0.15, 0.2) is 0 Å². The maximum absolute atomic E-state index is 10.8. The summed E-state index contributed by atoms with van der Waals surface area (Å²) in [6.45, 7) is 5.28. The Bertz CT molecular complexity index is 106. The Labute approximate surface area is 66.8 Å². The molecule has 4 nitrogen and oxygen atoms in total. The molecule has 0 rings (SSSR count). The van der Waals surface area contributed by atoms with Gasteiger partial charge in [0.05, 0.1) is 19.6 Å². The Morgan fingerprint density at radius 1 is 1.36 bits per heavy atom. The number of ether oxygens (including phenoxy) is 1. The van der Waals surface area contributed by atoms with Gasteiger partial charge in [-0.05, 0) is 13.8 Å². The fourth-order valence-corrected chi connectivity index (χ4v) is 0.513. The average Bonchev–Trinajstić information content (AvgIpc) is 2.01. The van der Waals surface area contributed by atoms with Crippen molar-refractivity contribution in [3.05, 3.63) is 0 Å². The number of hydrogen-bond donors (Lipinski definition) is 1. The van der Waals surface area contributed by atoms with E-state index in [2.05, 4.69) is 10.3 Å². The molecule has 0 aromatic heterocycles. The first kappa shape index (κ1) is 10.4. The molecule has 0 fully saturated rings. The molecule has 0 saturated heterocycles. The van der Waals surface area contributed by atoms with Crippen LogP contribution in [-0.4, -0.2) is 25.7 Å². The molecule has 0 aliphatic rings. The third-order valence-corrected chi connectivity index (χ3v) is 1.01. The molecule has 0 saturated carbocycles. The minimum atomic E-state index is -0.139. The zero-order chi connectivity index (χ0) is 8.53. The maximum Gasteiger partial charge on any atom is 0.245 e. The number of hydrogen-bond acceptors (Lipinski definition) is 3. The number of hydroxylamine groups is 1. The largest absolute Gasteiger partial charge is 0.381 e. The van der Waals surface area contributed by atoms with Crippen molar-refractivity contribution in [2.75, 3.05) is 19.8 Å². The summed E-state index contributed by atoms with van der Waals surface area (Å²) in [4.78, 5) is 15.4. The van der Waals surface area contributed by atoms with Gasteiger partial charge in [-0.25, -0.2) is 5.48 Å². The van der Waals surface area contributed by atoms with E-state index in [9.17, 15) is 4.79 Å². The third-order valence-electron chi connectivity index (χ3n) is 1.01. The van der Waals surface area contributed by atoms with Crippen LogP contribution in [0.1, 0.15) is 20.3 Å². The van der Waals surface area contributed by atoms with Gasteiger partial charge >= 0.3 is 0 Å². The first-order chi connectivity index (χ1) is 5.31. The first-order valence-corrected chi connectivity index (χ1v) is 3.79. The summed E-state index contributed by atoms with van der Waals surface area (Å²) < 4.78 is 4.97. The molecule has 0 bridgehead atoms. The van der Waals surface area contributed by atoms with Crippen LogP contribution in [0.4, 0.5) is 0 Å². The van der Waals surface area contributed by atoms with Crippen LogP contribution in [0, 0.1) is 0 Å². The molecule has 0 atom stereocenters. The van der Waals surface area contributed by atoms with Gasteiger partial charge in [0.2, 0.25) is 5.91 Å². The summed E-state index contributed by atoms with van der Waals surface area (Å²) in [5.74, 6) is -0.139. The number of carbonyl (C=O) groups is 1. The Hall–Kier alpha value is -0.610.